The zero-order chi connectivity index (χ0) is 23.0. The molecule has 7 nitrogen and oxygen atoms in total. The number of rotatable bonds is 8. The third kappa shape index (κ3) is 6.00. The van der Waals surface area contributed by atoms with E-state index in [1.165, 1.54) is 0 Å². The lowest BCUT2D eigenvalue weighted by Gasteiger charge is -2.21. The second-order valence-corrected chi connectivity index (χ2v) is 8.37. The van der Waals surface area contributed by atoms with E-state index in [9.17, 15) is 4.79 Å². The normalized spacial score (nSPS) is 14.1. The molecule has 0 bridgehead atoms. The largest absolute Gasteiger partial charge is 0.357 e. The SMILES string of the molecule is CCNC(=NCc1cccc(CN2CCCC2=O)c1)N(C)Cc1ncc(-c2ccccc2)[nH]1. The van der Waals surface area contributed by atoms with Crippen LogP contribution in [0.15, 0.2) is 65.8 Å². The van der Waals surface area contributed by atoms with Crippen molar-refractivity contribution < 1.29 is 4.79 Å². The minimum atomic E-state index is 0.253. The fraction of sp³-hybridized carbons (Fsp3) is 0.346. The van der Waals surface area contributed by atoms with Crippen molar-refractivity contribution in [2.24, 2.45) is 4.99 Å². The topological polar surface area (TPSA) is 76.6 Å². The molecule has 172 valence electrons. The van der Waals surface area contributed by atoms with Crippen molar-refractivity contribution in [3.63, 3.8) is 0 Å². The number of carbonyl (C=O) groups is 1. The van der Waals surface area contributed by atoms with E-state index in [2.05, 4.69) is 57.4 Å². The number of imidazole rings is 1. The summed E-state index contributed by atoms with van der Waals surface area (Å²) in [6.45, 7) is 5.58. The summed E-state index contributed by atoms with van der Waals surface area (Å²) in [4.78, 5) is 28.7. The Kier molecular flexibility index (Phi) is 7.40. The minimum absolute atomic E-state index is 0.253. The maximum absolute atomic E-state index is 11.9. The summed E-state index contributed by atoms with van der Waals surface area (Å²) in [5.74, 6) is 1.97. The van der Waals surface area contributed by atoms with Crippen molar-refractivity contribution >= 4 is 11.9 Å². The molecular formula is C26H32N6O. The second-order valence-electron chi connectivity index (χ2n) is 8.37. The first-order chi connectivity index (χ1) is 16.1. The Hall–Kier alpha value is -3.61. The van der Waals surface area contributed by atoms with Gasteiger partial charge in [0.25, 0.3) is 0 Å². The average molecular weight is 445 g/mol. The maximum Gasteiger partial charge on any atom is 0.222 e. The van der Waals surface area contributed by atoms with Crippen molar-refractivity contribution in [3.8, 4) is 11.3 Å². The molecule has 1 aromatic heterocycles. The van der Waals surface area contributed by atoms with Gasteiger partial charge in [0.2, 0.25) is 5.91 Å². The van der Waals surface area contributed by atoms with Crippen molar-refractivity contribution in [1.82, 2.24) is 25.1 Å². The molecule has 7 heteroatoms. The van der Waals surface area contributed by atoms with Gasteiger partial charge in [-0.1, -0.05) is 54.6 Å². The summed E-state index contributed by atoms with van der Waals surface area (Å²) in [6, 6.07) is 18.6. The Bertz CT molecular complexity index is 1090. The third-order valence-electron chi connectivity index (χ3n) is 5.74. The van der Waals surface area contributed by atoms with Crippen LogP contribution in [0.25, 0.3) is 11.3 Å². The number of nitrogens with zero attached hydrogens (tertiary/aromatic N) is 4. The predicted octanol–water partition coefficient (Wildman–Crippen LogP) is 3.80. The molecule has 0 spiro atoms. The van der Waals surface area contributed by atoms with Crippen LogP contribution in [0.3, 0.4) is 0 Å². The standard InChI is InChI=1S/C26H32N6O/c1-3-27-26(31(2)19-24-28-17-23(30-24)22-11-5-4-6-12-22)29-16-20-9-7-10-21(15-20)18-32-14-8-13-25(32)33/h4-7,9-12,15,17H,3,8,13-14,16,18-19H2,1-2H3,(H,27,29)(H,28,30). The quantitative estimate of drug-likeness (QED) is 0.409. The summed E-state index contributed by atoms with van der Waals surface area (Å²) >= 11 is 0. The van der Waals surface area contributed by atoms with Gasteiger partial charge in [-0.05, 0) is 30.0 Å². The van der Waals surface area contributed by atoms with Gasteiger partial charge >= 0.3 is 0 Å². The molecule has 1 aliphatic rings. The zero-order valence-corrected chi connectivity index (χ0v) is 19.4. The zero-order valence-electron chi connectivity index (χ0n) is 19.4. The number of aromatic nitrogens is 2. The van der Waals surface area contributed by atoms with E-state index >= 15 is 0 Å². The number of amides is 1. The summed E-state index contributed by atoms with van der Waals surface area (Å²) in [7, 11) is 2.02. The number of benzene rings is 2. The van der Waals surface area contributed by atoms with E-state index in [1.54, 1.807) is 0 Å². The first-order valence-electron chi connectivity index (χ1n) is 11.6. The molecule has 0 radical (unpaired) electrons. The molecule has 4 rings (SSSR count). The van der Waals surface area contributed by atoms with E-state index in [4.69, 9.17) is 4.99 Å². The Balaban J connectivity index is 1.40. The number of hydrogen-bond acceptors (Lipinski definition) is 3. The first-order valence-corrected chi connectivity index (χ1v) is 11.6. The molecule has 2 heterocycles. The van der Waals surface area contributed by atoms with Gasteiger partial charge in [-0.3, -0.25) is 4.79 Å². The number of aromatic amines is 1. The van der Waals surface area contributed by atoms with Gasteiger partial charge in [0.1, 0.15) is 5.82 Å². The Morgan fingerprint density at radius 3 is 2.76 bits per heavy atom. The first kappa shape index (κ1) is 22.6. The van der Waals surface area contributed by atoms with Crippen LogP contribution in [-0.4, -0.2) is 51.8 Å². The van der Waals surface area contributed by atoms with Gasteiger partial charge in [-0.25, -0.2) is 9.98 Å². The Morgan fingerprint density at radius 2 is 2.00 bits per heavy atom. The Labute approximate surface area is 195 Å². The lowest BCUT2D eigenvalue weighted by Crippen LogP contribution is -2.38. The highest BCUT2D eigenvalue weighted by molar-refractivity contribution is 5.79. The van der Waals surface area contributed by atoms with E-state index in [-0.39, 0.29) is 5.91 Å². The van der Waals surface area contributed by atoms with Gasteiger partial charge in [0.05, 0.1) is 25.0 Å². The highest BCUT2D eigenvalue weighted by atomic mass is 16.2. The second kappa shape index (κ2) is 10.8. The number of hydrogen-bond donors (Lipinski definition) is 2. The van der Waals surface area contributed by atoms with E-state index in [0.717, 1.165) is 53.7 Å². The van der Waals surface area contributed by atoms with Crippen LogP contribution < -0.4 is 5.32 Å². The summed E-state index contributed by atoms with van der Waals surface area (Å²) in [5, 5.41) is 3.37. The number of likely N-dealkylation sites (tertiary alicyclic amines) is 1. The summed E-state index contributed by atoms with van der Waals surface area (Å²) in [6.07, 6.45) is 3.51. The Morgan fingerprint density at radius 1 is 1.18 bits per heavy atom. The molecule has 1 aliphatic heterocycles. The number of H-pyrrole nitrogens is 1. The van der Waals surface area contributed by atoms with E-state index in [0.29, 0.717) is 26.1 Å². The predicted molar refractivity (Wildman–Crippen MR) is 131 cm³/mol. The third-order valence-corrected chi connectivity index (χ3v) is 5.74. The highest BCUT2D eigenvalue weighted by Gasteiger charge is 2.20. The van der Waals surface area contributed by atoms with Crippen LogP contribution in [0.4, 0.5) is 0 Å². The summed E-state index contributed by atoms with van der Waals surface area (Å²) < 4.78 is 0. The molecule has 0 unspecified atom stereocenters. The van der Waals surface area contributed by atoms with Crippen LogP contribution in [0.1, 0.15) is 36.7 Å². The van der Waals surface area contributed by atoms with Crippen LogP contribution in [0.2, 0.25) is 0 Å². The van der Waals surface area contributed by atoms with Gasteiger partial charge < -0.3 is 20.1 Å². The molecule has 0 saturated carbocycles. The molecule has 1 saturated heterocycles. The molecule has 1 fully saturated rings. The summed E-state index contributed by atoms with van der Waals surface area (Å²) in [5.41, 5.74) is 4.41. The molecule has 2 aromatic carbocycles. The van der Waals surface area contributed by atoms with Gasteiger partial charge in [-0.15, -0.1) is 0 Å². The fourth-order valence-corrected chi connectivity index (χ4v) is 4.06. The molecular weight excluding hydrogens is 412 g/mol. The van der Waals surface area contributed by atoms with E-state index < -0.39 is 0 Å². The van der Waals surface area contributed by atoms with Crippen molar-refractivity contribution in [2.45, 2.75) is 39.4 Å². The molecule has 3 aromatic rings. The monoisotopic (exact) mass is 444 g/mol. The lowest BCUT2D eigenvalue weighted by atomic mass is 10.1. The van der Waals surface area contributed by atoms with E-state index in [1.807, 2.05) is 42.4 Å². The highest BCUT2D eigenvalue weighted by Crippen LogP contribution is 2.17. The van der Waals surface area contributed by atoms with Crippen LogP contribution in [0, 0.1) is 0 Å². The molecule has 1 amide bonds. The van der Waals surface area contributed by atoms with Gasteiger partial charge in [0.15, 0.2) is 5.96 Å². The molecule has 0 aliphatic carbocycles. The van der Waals surface area contributed by atoms with Crippen molar-refractivity contribution in [2.75, 3.05) is 20.1 Å². The maximum atomic E-state index is 11.9. The molecule has 2 N–H and O–H groups in total. The average Bonchev–Trinajstić information content (AvgIpc) is 3.46. The van der Waals surface area contributed by atoms with Gasteiger partial charge in [0, 0.05) is 33.1 Å². The molecule has 33 heavy (non-hydrogen) atoms. The fourth-order valence-electron chi connectivity index (χ4n) is 4.06. The number of guanidine groups is 1. The molecule has 0 atom stereocenters. The van der Waals surface area contributed by atoms with Gasteiger partial charge in [-0.2, -0.15) is 0 Å². The lowest BCUT2D eigenvalue weighted by molar-refractivity contribution is -0.128. The van der Waals surface area contributed by atoms with Crippen molar-refractivity contribution in [3.05, 3.63) is 77.7 Å². The van der Waals surface area contributed by atoms with Crippen LogP contribution in [0.5, 0.6) is 0 Å². The minimum Gasteiger partial charge on any atom is -0.357 e. The van der Waals surface area contributed by atoms with Crippen molar-refractivity contribution in [1.29, 1.82) is 0 Å². The number of nitrogens with one attached hydrogen (secondary N) is 2. The number of aliphatic imine (C=N–C) groups is 1. The van der Waals surface area contributed by atoms with Crippen LogP contribution in [-0.2, 0) is 24.4 Å². The smallest absolute Gasteiger partial charge is 0.222 e. The van der Waals surface area contributed by atoms with Crippen LogP contribution >= 0.6 is 0 Å². The number of carbonyl (C=O) groups excluding carboxylic acids is 1.